The standard InChI is InChI=1S/C20H22F3NO2/c1-12-8-13(2)14(3)18(9-12)26-15(4)19(25)24-11-16-6-5-7-17(10-16)20(21,22)23/h5-10,15H,11H2,1-4H3,(H,24,25). The van der Waals surface area contributed by atoms with Crippen molar-refractivity contribution in [3.05, 3.63) is 64.2 Å². The van der Waals surface area contributed by atoms with E-state index >= 15 is 0 Å². The summed E-state index contributed by atoms with van der Waals surface area (Å²) in [6, 6.07) is 8.78. The molecular weight excluding hydrogens is 343 g/mol. The minimum Gasteiger partial charge on any atom is -0.481 e. The smallest absolute Gasteiger partial charge is 0.416 e. The summed E-state index contributed by atoms with van der Waals surface area (Å²) in [5.41, 5.74) is 2.69. The van der Waals surface area contributed by atoms with Crippen molar-refractivity contribution in [3.8, 4) is 5.75 Å². The SMILES string of the molecule is Cc1cc(C)c(C)c(OC(C)C(=O)NCc2cccc(C(F)(F)F)c2)c1. The first-order chi connectivity index (χ1) is 12.1. The van der Waals surface area contributed by atoms with Crippen LogP contribution in [0.1, 0.15) is 34.7 Å². The molecule has 0 aliphatic heterocycles. The number of halogens is 3. The molecule has 140 valence electrons. The molecule has 0 radical (unpaired) electrons. The fraction of sp³-hybridized carbons (Fsp3) is 0.350. The molecule has 3 nitrogen and oxygen atoms in total. The monoisotopic (exact) mass is 365 g/mol. The maximum Gasteiger partial charge on any atom is 0.416 e. The summed E-state index contributed by atoms with van der Waals surface area (Å²) in [7, 11) is 0. The third kappa shape index (κ3) is 5.00. The van der Waals surface area contributed by atoms with E-state index in [-0.39, 0.29) is 12.5 Å². The van der Waals surface area contributed by atoms with Crippen molar-refractivity contribution in [2.75, 3.05) is 0 Å². The topological polar surface area (TPSA) is 38.3 Å². The Morgan fingerprint density at radius 1 is 1.15 bits per heavy atom. The fourth-order valence-corrected chi connectivity index (χ4v) is 2.56. The van der Waals surface area contributed by atoms with Gasteiger partial charge >= 0.3 is 6.18 Å². The molecule has 1 atom stereocenters. The van der Waals surface area contributed by atoms with Crippen LogP contribution in [0.25, 0.3) is 0 Å². The van der Waals surface area contributed by atoms with Crippen molar-refractivity contribution >= 4 is 5.91 Å². The van der Waals surface area contributed by atoms with Crippen molar-refractivity contribution < 1.29 is 22.7 Å². The first-order valence-electron chi connectivity index (χ1n) is 8.26. The van der Waals surface area contributed by atoms with Crippen LogP contribution in [-0.4, -0.2) is 12.0 Å². The zero-order chi connectivity index (χ0) is 19.5. The highest BCUT2D eigenvalue weighted by Gasteiger charge is 2.30. The number of rotatable bonds is 5. The fourth-order valence-electron chi connectivity index (χ4n) is 2.56. The van der Waals surface area contributed by atoms with Gasteiger partial charge in [0.25, 0.3) is 5.91 Å². The van der Waals surface area contributed by atoms with Gasteiger partial charge in [-0.05, 0) is 68.1 Å². The second kappa shape index (κ2) is 7.81. The summed E-state index contributed by atoms with van der Waals surface area (Å²) >= 11 is 0. The Labute approximate surface area is 151 Å². The summed E-state index contributed by atoms with van der Waals surface area (Å²) < 4.78 is 43.9. The van der Waals surface area contributed by atoms with Crippen molar-refractivity contribution in [3.63, 3.8) is 0 Å². The van der Waals surface area contributed by atoms with E-state index in [1.807, 2.05) is 32.9 Å². The molecule has 0 saturated heterocycles. The van der Waals surface area contributed by atoms with Gasteiger partial charge in [0.1, 0.15) is 5.75 Å². The van der Waals surface area contributed by atoms with E-state index in [9.17, 15) is 18.0 Å². The van der Waals surface area contributed by atoms with Gasteiger partial charge in [-0.15, -0.1) is 0 Å². The molecule has 0 fully saturated rings. The number of nitrogens with one attached hydrogen (secondary N) is 1. The molecule has 0 spiro atoms. The predicted octanol–water partition coefficient (Wildman–Crippen LogP) is 4.71. The average Bonchev–Trinajstić information content (AvgIpc) is 2.56. The summed E-state index contributed by atoms with van der Waals surface area (Å²) in [6.45, 7) is 7.43. The number of alkyl halides is 3. The van der Waals surface area contributed by atoms with E-state index in [4.69, 9.17) is 4.74 Å². The molecule has 0 aromatic heterocycles. The number of hydrogen-bond donors (Lipinski definition) is 1. The van der Waals surface area contributed by atoms with Gasteiger partial charge in [-0.1, -0.05) is 18.2 Å². The summed E-state index contributed by atoms with van der Waals surface area (Å²) in [5.74, 6) is 0.241. The van der Waals surface area contributed by atoms with Gasteiger partial charge in [0, 0.05) is 6.54 Å². The van der Waals surface area contributed by atoms with Crippen LogP contribution in [0.2, 0.25) is 0 Å². The average molecular weight is 365 g/mol. The van der Waals surface area contributed by atoms with Gasteiger partial charge in [-0.2, -0.15) is 13.2 Å². The molecule has 26 heavy (non-hydrogen) atoms. The van der Waals surface area contributed by atoms with Crippen LogP contribution in [-0.2, 0) is 17.5 Å². The minimum absolute atomic E-state index is 0.00226. The Kier molecular flexibility index (Phi) is 5.95. The molecule has 2 aromatic rings. The molecule has 6 heteroatoms. The van der Waals surface area contributed by atoms with Gasteiger partial charge in [0.2, 0.25) is 0 Å². The van der Waals surface area contributed by atoms with E-state index in [0.29, 0.717) is 11.3 Å². The first kappa shape index (κ1) is 19.8. The van der Waals surface area contributed by atoms with Crippen LogP contribution in [0.5, 0.6) is 5.75 Å². The van der Waals surface area contributed by atoms with Crippen molar-refractivity contribution in [2.45, 2.75) is 46.5 Å². The van der Waals surface area contributed by atoms with Gasteiger partial charge in [0.05, 0.1) is 5.56 Å². The quantitative estimate of drug-likeness (QED) is 0.833. The summed E-state index contributed by atoms with van der Waals surface area (Å²) in [5, 5.41) is 2.62. The zero-order valence-electron chi connectivity index (χ0n) is 15.2. The number of benzene rings is 2. The number of ether oxygens (including phenoxy) is 1. The van der Waals surface area contributed by atoms with E-state index in [1.54, 1.807) is 6.92 Å². The Morgan fingerprint density at radius 3 is 2.50 bits per heavy atom. The van der Waals surface area contributed by atoms with Crippen molar-refractivity contribution in [1.82, 2.24) is 5.32 Å². The van der Waals surface area contributed by atoms with Crippen LogP contribution in [0.15, 0.2) is 36.4 Å². The number of carbonyl (C=O) groups excluding carboxylic acids is 1. The van der Waals surface area contributed by atoms with Crippen LogP contribution in [0.3, 0.4) is 0 Å². The molecule has 2 rings (SSSR count). The summed E-state index contributed by atoms with van der Waals surface area (Å²) in [6.07, 6.45) is -5.17. The third-order valence-electron chi connectivity index (χ3n) is 4.16. The molecule has 1 unspecified atom stereocenters. The number of aryl methyl sites for hydroxylation is 2. The highest BCUT2D eigenvalue weighted by molar-refractivity contribution is 5.80. The zero-order valence-corrected chi connectivity index (χ0v) is 15.2. The molecule has 0 bridgehead atoms. The third-order valence-corrected chi connectivity index (χ3v) is 4.16. The normalized spacial score (nSPS) is 12.6. The molecule has 1 N–H and O–H groups in total. The first-order valence-corrected chi connectivity index (χ1v) is 8.26. The largest absolute Gasteiger partial charge is 0.481 e. The maximum absolute atomic E-state index is 12.7. The van der Waals surface area contributed by atoms with Crippen LogP contribution in [0, 0.1) is 20.8 Å². The van der Waals surface area contributed by atoms with Crippen LogP contribution in [0.4, 0.5) is 13.2 Å². The Hall–Kier alpha value is -2.50. The number of carbonyl (C=O) groups is 1. The van der Waals surface area contributed by atoms with Crippen LogP contribution < -0.4 is 10.1 Å². The highest BCUT2D eigenvalue weighted by Crippen LogP contribution is 2.29. The van der Waals surface area contributed by atoms with Crippen molar-refractivity contribution in [1.29, 1.82) is 0 Å². The predicted molar refractivity (Wildman–Crippen MR) is 94.0 cm³/mol. The molecule has 0 heterocycles. The second-order valence-corrected chi connectivity index (χ2v) is 6.38. The van der Waals surface area contributed by atoms with Gasteiger partial charge in [0.15, 0.2) is 6.10 Å². The minimum atomic E-state index is -4.41. The lowest BCUT2D eigenvalue weighted by atomic mass is 10.1. The van der Waals surface area contributed by atoms with Crippen LogP contribution >= 0.6 is 0 Å². The lowest BCUT2D eigenvalue weighted by molar-refractivity contribution is -0.137. The summed E-state index contributed by atoms with van der Waals surface area (Å²) in [4.78, 5) is 12.2. The molecule has 0 aliphatic carbocycles. The Morgan fingerprint density at radius 2 is 1.85 bits per heavy atom. The lowest BCUT2D eigenvalue weighted by Gasteiger charge is -2.18. The molecule has 2 aromatic carbocycles. The highest BCUT2D eigenvalue weighted by atomic mass is 19.4. The molecule has 0 saturated carbocycles. The van der Waals surface area contributed by atoms with E-state index in [0.717, 1.165) is 28.8 Å². The maximum atomic E-state index is 12.7. The molecule has 0 aliphatic rings. The lowest BCUT2D eigenvalue weighted by Crippen LogP contribution is -2.36. The molecule has 1 amide bonds. The Bertz CT molecular complexity index is 800. The van der Waals surface area contributed by atoms with Gasteiger partial charge in [-0.3, -0.25) is 4.79 Å². The molecular formula is C20H22F3NO2. The number of amides is 1. The Balaban J connectivity index is 2.00. The van der Waals surface area contributed by atoms with Gasteiger partial charge in [-0.25, -0.2) is 0 Å². The second-order valence-electron chi connectivity index (χ2n) is 6.38. The van der Waals surface area contributed by atoms with E-state index < -0.39 is 17.8 Å². The van der Waals surface area contributed by atoms with E-state index in [2.05, 4.69) is 5.32 Å². The van der Waals surface area contributed by atoms with Gasteiger partial charge < -0.3 is 10.1 Å². The van der Waals surface area contributed by atoms with Crippen molar-refractivity contribution in [2.24, 2.45) is 0 Å². The number of hydrogen-bond acceptors (Lipinski definition) is 2. The van der Waals surface area contributed by atoms with E-state index in [1.165, 1.54) is 12.1 Å².